The van der Waals surface area contributed by atoms with Crippen molar-refractivity contribution in [2.75, 3.05) is 37.7 Å². The van der Waals surface area contributed by atoms with Gasteiger partial charge < -0.3 is 19.0 Å². The van der Waals surface area contributed by atoms with Crippen LogP contribution in [0.5, 0.6) is 5.75 Å². The number of nitrogens with zero attached hydrogens (tertiary/aromatic N) is 4. The number of carbonyl (C=O) groups excluding carboxylic acids is 1. The van der Waals surface area contributed by atoms with Gasteiger partial charge in [0, 0.05) is 43.2 Å². The largest absolute Gasteiger partial charge is 0.494 e. The Morgan fingerprint density at radius 3 is 2.53 bits per heavy atom. The van der Waals surface area contributed by atoms with Gasteiger partial charge in [-0.3, -0.25) is 4.79 Å². The summed E-state index contributed by atoms with van der Waals surface area (Å²) in [7, 11) is 0. The second-order valence-electron chi connectivity index (χ2n) is 7.65. The molecule has 0 N–H and O–H groups in total. The van der Waals surface area contributed by atoms with E-state index in [1.54, 1.807) is 6.33 Å². The third-order valence-electron chi connectivity index (χ3n) is 5.64. The fraction of sp³-hybridized carbons (Fsp3) is 0.240. The molecule has 3 heterocycles. The molecule has 4 aromatic rings. The van der Waals surface area contributed by atoms with Gasteiger partial charge in [-0.15, -0.1) is 0 Å². The molecule has 1 aliphatic rings. The first-order valence-corrected chi connectivity index (χ1v) is 10.8. The summed E-state index contributed by atoms with van der Waals surface area (Å²) in [5.74, 6) is 2.02. The molecule has 162 valence electrons. The molecule has 2 aromatic heterocycles. The van der Waals surface area contributed by atoms with Crippen LogP contribution in [0.1, 0.15) is 17.5 Å². The van der Waals surface area contributed by atoms with Gasteiger partial charge in [0.05, 0.1) is 12.3 Å². The van der Waals surface area contributed by atoms with Crippen molar-refractivity contribution < 1.29 is 13.9 Å². The van der Waals surface area contributed by atoms with Gasteiger partial charge in [0.25, 0.3) is 5.91 Å². The van der Waals surface area contributed by atoms with Gasteiger partial charge in [0.15, 0.2) is 5.76 Å². The molecule has 0 atom stereocenters. The first kappa shape index (κ1) is 20.1. The van der Waals surface area contributed by atoms with Gasteiger partial charge in [-0.2, -0.15) is 0 Å². The normalized spacial score (nSPS) is 14.0. The van der Waals surface area contributed by atoms with E-state index in [0.29, 0.717) is 38.5 Å². The van der Waals surface area contributed by atoms with Crippen LogP contribution in [0.15, 0.2) is 71.4 Å². The highest BCUT2D eigenvalue weighted by Gasteiger charge is 2.25. The van der Waals surface area contributed by atoms with Crippen LogP contribution in [0.4, 0.5) is 5.82 Å². The van der Waals surface area contributed by atoms with Crippen molar-refractivity contribution in [1.82, 2.24) is 14.9 Å². The number of rotatable bonds is 5. The lowest BCUT2D eigenvalue weighted by Gasteiger charge is -2.35. The molecule has 1 fully saturated rings. The average molecular weight is 428 g/mol. The lowest BCUT2D eigenvalue weighted by Crippen LogP contribution is -2.49. The Kier molecular flexibility index (Phi) is 5.46. The molecule has 32 heavy (non-hydrogen) atoms. The Morgan fingerprint density at radius 2 is 1.78 bits per heavy atom. The summed E-state index contributed by atoms with van der Waals surface area (Å²) in [5.41, 5.74) is 2.60. The summed E-state index contributed by atoms with van der Waals surface area (Å²) in [6, 6.07) is 19.4. The van der Waals surface area contributed by atoms with E-state index in [1.807, 2.05) is 72.5 Å². The van der Waals surface area contributed by atoms with Crippen molar-refractivity contribution in [1.29, 1.82) is 0 Å². The minimum atomic E-state index is -0.0707. The molecule has 0 unspecified atom stereocenters. The first-order chi connectivity index (χ1) is 15.7. The van der Waals surface area contributed by atoms with Gasteiger partial charge in [0.1, 0.15) is 23.5 Å². The zero-order valence-corrected chi connectivity index (χ0v) is 17.9. The van der Waals surface area contributed by atoms with E-state index >= 15 is 0 Å². The van der Waals surface area contributed by atoms with Crippen LogP contribution in [-0.2, 0) is 0 Å². The van der Waals surface area contributed by atoms with Gasteiger partial charge in [-0.25, -0.2) is 9.97 Å². The minimum absolute atomic E-state index is 0.0707. The van der Waals surface area contributed by atoms with Crippen LogP contribution in [0.25, 0.3) is 22.2 Å². The summed E-state index contributed by atoms with van der Waals surface area (Å²) >= 11 is 0. The van der Waals surface area contributed by atoms with E-state index < -0.39 is 0 Å². The van der Waals surface area contributed by atoms with Gasteiger partial charge >= 0.3 is 0 Å². The van der Waals surface area contributed by atoms with Crippen molar-refractivity contribution in [3.05, 3.63) is 72.8 Å². The second-order valence-corrected chi connectivity index (χ2v) is 7.65. The highest BCUT2D eigenvalue weighted by Crippen LogP contribution is 2.25. The molecule has 1 aliphatic heterocycles. The smallest absolute Gasteiger partial charge is 0.289 e. The van der Waals surface area contributed by atoms with E-state index in [-0.39, 0.29) is 5.91 Å². The van der Waals surface area contributed by atoms with Crippen molar-refractivity contribution in [3.8, 4) is 17.0 Å². The predicted molar refractivity (Wildman–Crippen MR) is 123 cm³/mol. The number of ether oxygens (including phenoxy) is 1. The molecular formula is C25H24N4O3. The fourth-order valence-electron chi connectivity index (χ4n) is 3.95. The number of anilines is 1. The number of hydrogen-bond acceptors (Lipinski definition) is 6. The number of fused-ring (bicyclic) bond motifs is 1. The molecule has 7 heteroatoms. The number of aromatic nitrogens is 2. The number of carbonyl (C=O) groups is 1. The van der Waals surface area contributed by atoms with Gasteiger partial charge in [-0.05, 0) is 43.3 Å². The van der Waals surface area contributed by atoms with Gasteiger partial charge in [-0.1, -0.05) is 18.2 Å². The molecule has 0 spiro atoms. The van der Waals surface area contributed by atoms with E-state index in [4.69, 9.17) is 9.15 Å². The van der Waals surface area contributed by atoms with E-state index in [2.05, 4.69) is 14.9 Å². The van der Waals surface area contributed by atoms with Gasteiger partial charge in [0.2, 0.25) is 0 Å². The summed E-state index contributed by atoms with van der Waals surface area (Å²) < 4.78 is 11.3. The molecular weight excluding hydrogens is 404 g/mol. The van der Waals surface area contributed by atoms with E-state index in [0.717, 1.165) is 33.8 Å². The standard InChI is InChI=1S/C25H24N4O3/c1-2-31-20-9-7-18(8-10-20)21-16-24(27-17-26-21)28-11-13-29(14-12-28)25(30)23-15-19-5-3-4-6-22(19)32-23/h3-10,15-17H,2,11-14H2,1H3. The Hall–Kier alpha value is -3.87. The second kappa shape index (κ2) is 8.70. The molecule has 7 nitrogen and oxygen atoms in total. The fourth-order valence-corrected chi connectivity index (χ4v) is 3.95. The van der Waals surface area contributed by atoms with Crippen LogP contribution >= 0.6 is 0 Å². The molecule has 5 rings (SSSR count). The summed E-state index contributed by atoms with van der Waals surface area (Å²) in [4.78, 5) is 25.8. The maximum Gasteiger partial charge on any atom is 0.289 e. The summed E-state index contributed by atoms with van der Waals surface area (Å²) in [6.07, 6.45) is 1.59. The predicted octanol–water partition coefficient (Wildman–Crippen LogP) is 4.25. The summed E-state index contributed by atoms with van der Waals surface area (Å²) in [5, 5.41) is 0.942. The third-order valence-corrected chi connectivity index (χ3v) is 5.64. The van der Waals surface area contributed by atoms with Crippen molar-refractivity contribution in [2.45, 2.75) is 6.92 Å². The Bertz CT molecular complexity index is 1190. The van der Waals surface area contributed by atoms with Crippen molar-refractivity contribution >= 4 is 22.7 Å². The minimum Gasteiger partial charge on any atom is -0.494 e. The molecule has 0 aliphatic carbocycles. The monoisotopic (exact) mass is 428 g/mol. The molecule has 1 amide bonds. The average Bonchev–Trinajstić information content (AvgIpc) is 3.29. The number of furan rings is 1. The van der Waals surface area contributed by atoms with E-state index in [1.165, 1.54) is 0 Å². The Morgan fingerprint density at radius 1 is 1.00 bits per heavy atom. The molecule has 0 saturated carbocycles. The van der Waals surface area contributed by atoms with Crippen LogP contribution in [0, 0.1) is 0 Å². The Labute approximate surface area is 186 Å². The zero-order chi connectivity index (χ0) is 21.9. The molecule has 1 saturated heterocycles. The molecule has 0 radical (unpaired) electrons. The van der Waals surface area contributed by atoms with Crippen LogP contribution in [-0.4, -0.2) is 53.6 Å². The first-order valence-electron chi connectivity index (χ1n) is 10.8. The lowest BCUT2D eigenvalue weighted by atomic mass is 10.1. The maximum absolute atomic E-state index is 12.9. The number of para-hydroxylation sites is 1. The van der Waals surface area contributed by atoms with Crippen LogP contribution in [0.3, 0.4) is 0 Å². The SMILES string of the molecule is CCOc1ccc(-c2cc(N3CCN(C(=O)c4cc5ccccc5o4)CC3)ncn2)cc1. The third kappa shape index (κ3) is 4.01. The van der Waals surface area contributed by atoms with Crippen LogP contribution < -0.4 is 9.64 Å². The zero-order valence-electron chi connectivity index (χ0n) is 17.9. The summed E-state index contributed by atoms with van der Waals surface area (Å²) in [6.45, 7) is 5.23. The van der Waals surface area contributed by atoms with Crippen molar-refractivity contribution in [3.63, 3.8) is 0 Å². The molecule has 2 aromatic carbocycles. The van der Waals surface area contributed by atoms with E-state index in [9.17, 15) is 4.79 Å². The number of hydrogen-bond donors (Lipinski definition) is 0. The number of amides is 1. The molecule has 0 bridgehead atoms. The number of benzene rings is 2. The lowest BCUT2D eigenvalue weighted by molar-refractivity contribution is 0.0717. The highest BCUT2D eigenvalue weighted by atomic mass is 16.5. The quantitative estimate of drug-likeness (QED) is 0.473. The topological polar surface area (TPSA) is 71.7 Å². The highest BCUT2D eigenvalue weighted by molar-refractivity contribution is 5.96. The van der Waals surface area contributed by atoms with Crippen molar-refractivity contribution in [2.24, 2.45) is 0 Å². The maximum atomic E-state index is 12.9. The number of piperazine rings is 1. The van der Waals surface area contributed by atoms with Crippen LogP contribution in [0.2, 0.25) is 0 Å². The Balaban J connectivity index is 1.26.